The third-order valence-corrected chi connectivity index (χ3v) is 4.80. The summed E-state index contributed by atoms with van der Waals surface area (Å²) >= 11 is 1.81. The Morgan fingerprint density at radius 2 is 2.00 bits per heavy atom. The van der Waals surface area contributed by atoms with Crippen molar-refractivity contribution in [1.29, 1.82) is 0 Å². The molecule has 0 aliphatic carbocycles. The molecule has 1 aromatic heterocycles. The van der Waals surface area contributed by atoms with Gasteiger partial charge in [0.2, 0.25) is 0 Å². The first-order valence-corrected chi connectivity index (χ1v) is 9.22. The molecule has 1 atom stereocenters. The predicted molar refractivity (Wildman–Crippen MR) is 105 cm³/mol. The van der Waals surface area contributed by atoms with Crippen molar-refractivity contribution in [3.63, 3.8) is 0 Å². The summed E-state index contributed by atoms with van der Waals surface area (Å²) in [6, 6.07) is 10.1. The second kappa shape index (κ2) is 9.93. The van der Waals surface area contributed by atoms with Gasteiger partial charge in [0.1, 0.15) is 0 Å². The molecule has 0 saturated heterocycles. The number of ether oxygens (including phenoxy) is 2. The molecule has 2 N–H and O–H groups in total. The van der Waals surface area contributed by atoms with Crippen LogP contribution in [0.2, 0.25) is 0 Å². The van der Waals surface area contributed by atoms with E-state index >= 15 is 0 Å². The summed E-state index contributed by atoms with van der Waals surface area (Å²) in [6.45, 7) is 3.72. The van der Waals surface area contributed by atoms with Gasteiger partial charge in [-0.25, -0.2) is 0 Å². The Hall–Kier alpha value is -2.21. The zero-order valence-electron chi connectivity index (χ0n) is 15.3. The van der Waals surface area contributed by atoms with Crippen molar-refractivity contribution < 1.29 is 9.47 Å². The third-order valence-electron chi connectivity index (χ3n) is 3.90. The summed E-state index contributed by atoms with van der Waals surface area (Å²) in [5.41, 5.74) is 1.02. The molecule has 6 heteroatoms. The zero-order valence-corrected chi connectivity index (χ0v) is 16.2. The molecule has 1 heterocycles. The normalized spacial score (nSPS) is 12.6. The number of benzene rings is 1. The van der Waals surface area contributed by atoms with E-state index in [1.807, 2.05) is 18.2 Å². The fourth-order valence-electron chi connectivity index (χ4n) is 2.61. The van der Waals surface area contributed by atoms with Gasteiger partial charge in [-0.15, -0.1) is 11.3 Å². The second-order valence-electron chi connectivity index (χ2n) is 5.85. The van der Waals surface area contributed by atoms with E-state index in [0.717, 1.165) is 36.0 Å². The maximum atomic E-state index is 5.47. The molecule has 0 aliphatic rings. The first-order chi connectivity index (χ1) is 12.2. The molecule has 1 unspecified atom stereocenters. The number of hydrogen-bond acceptors (Lipinski definition) is 4. The quantitative estimate of drug-likeness (QED) is 0.559. The highest BCUT2D eigenvalue weighted by Crippen LogP contribution is 2.30. The van der Waals surface area contributed by atoms with Crippen molar-refractivity contribution in [2.24, 2.45) is 10.9 Å². The molecule has 0 saturated carbocycles. The second-order valence-corrected chi connectivity index (χ2v) is 6.88. The summed E-state index contributed by atoms with van der Waals surface area (Å²) in [6.07, 6.45) is 1.07. The van der Waals surface area contributed by atoms with Crippen molar-refractivity contribution in [3.05, 3.63) is 46.2 Å². The summed E-state index contributed by atoms with van der Waals surface area (Å²) in [7, 11) is 5.08. The molecular formula is C19H27N3O2S. The Balaban J connectivity index is 1.86. The van der Waals surface area contributed by atoms with Crippen LogP contribution < -0.4 is 20.1 Å². The lowest BCUT2D eigenvalue weighted by atomic mass is 10.1. The average Bonchev–Trinajstić information content (AvgIpc) is 3.14. The summed E-state index contributed by atoms with van der Waals surface area (Å²) < 4.78 is 10.8. The van der Waals surface area contributed by atoms with Crippen LogP contribution in [-0.2, 0) is 13.0 Å². The van der Waals surface area contributed by atoms with Gasteiger partial charge >= 0.3 is 0 Å². The largest absolute Gasteiger partial charge is 0.493 e. The first-order valence-electron chi connectivity index (χ1n) is 8.34. The molecule has 0 spiro atoms. The smallest absolute Gasteiger partial charge is 0.191 e. The SMILES string of the molecule is CN=C(NCc1cccc(OC)c1OC)NCC(C)Cc1cccs1. The van der Waals surface area contributed by atoms with E-state index in [0.29, 0.717) is 12.5 Å². The van der Waals surface area contributed by atoms with Crippen LogP contribution >= 0.6 is 11.3 Å². The highest BCUT2D eigenvalue weighted by atomic mass is 32.1. The Labute approximate surface area is 154 Å². The van der Waals surface area contributed by atoms with Crippen LogP contribution in [0.25, 0.3) is 0 Å². The Bertz CT molecular complexity index is 671. The molecular weight excluding hydrogens is 334 g/mol. The lowest BCUT2D eigenvalue weighted by Gasteiger charge is -2.17. The van der Waals surface area contributed by atoms with Gasteiger partial charge in [0, 0.05) is 30.6 Å². The van der Waals surface area contributed by atoms with Crippen LogP contribution in [0.4, 0.5) is 0 Å². The molecule has 5 nitrogen and oxygen atoms in total. The lowest BCUT2D eigenvalue weighted by Crippen LogP contribution is -2.39. The summed E-state index contributed by atoms with van der Waals surface area (Å²) in [5.74, 6) is 2.79. The molecule has 0 fully saturated rings. The third kappa shape index (κ3) is 5.67. The molecule has 0 amide bonds. The monoisotopic (exact) mass is 361 g/mol. The highest BCUT2D eigenvalue weighted by Gasteiger charge is 2.10. The van der Waals surface area contributed by atoms with Crippen LogP contribution in [0.1, 0.15) is 17.4 Å². The predicted octanol–water partition coefficient (Wildman–Crippen LogP) is 3.31. The van der Waals surface area contributed by atoms with Crippen molar-refractivity contribution in [3.8, 4) is 11.5 Å². The summed E-state index contributed by atoms with van der Waals surface area (Å²) in [4.78, 5) is 5.71. The van der Waals surface area contributed by atoms with Crippen molar-refractivity contribution in [2.75, 3.05) is 27.8 Å². The molecule has 0 bridgehead atoms. The van der Waals surface area contributed by atoms with E-state index in [9.17, 15) is 0 Å². The van der Waals surface area contributed by atoms with Gasteiger partial charge in [-0.05, 0) is 29.9 Å². The zero-order chi connectivity index (χ0) is 18.1. The fraction of sp³-hybridized carbons (Fsp3) is 0.421. The van der Waals surface area contributed by atoms with Crippen LogP contribution in [0.5, 0.6) is 11.5 Å². The highest BCUT2D eigenvalue weighted by molar-refractivity contribution is 7.09. The molecule has 0 aliphatic heterocycles. The molecule has 2 rings (SSSR count). The number of nitrogens with zero attached hydrogens (tertiary/aromatic N) is 1. The minimum absolute atomic E-state index is 0.531. The number of methoxy groups -OCH3 is 2. The van der Waals surface area contributed by atoms with Gasteiger partial charge in [0.15, 0.2) is 17.5 Å². The fourth-order valence-corrected chi connectivity index (χ4v) is 3.48. The van der Waals surface area contributed by atoms with E-state index in [2.05, 4.69) is 40.1 Å². The maximum Gasteiger partial charge on any atom is 0.191 e. The van der Waals surface area contributed by atoms with E-state index in [1.165, 1.54) is 4.88 Å². The lowest BCUT2D eigenvalue weighted by molar-refractivity contribution is 0.351. The minimum Gasteiger partial charge on any atom is -0.493 e. The topological polar surface area (TPSA) is 54.9 Å². The number of rotatable bonds is 8. The first kappa shape index (κ1) is 19.1. The van der Waals surface area contributed by atoms with Crippen LogP contribution in [0.3, 0.4) is 0 Å². The number of hydrogen-bond donors (Lipinski definition) is 2. The van der Waals surface area contributed by atoms with E-state index in [4.69, 9.17) is 9.47 Å². The van der Waals surface area contributed by atoms with Crippen LogP contribution in [0, 0.1) is 5.92 Å². The van der Waals surface area contributed by atoms with Gasteiger partial charge in [-0.1, -0.05) is 25.1 Å². The van der Waals surface area contributed by atoms with Crippen LogP contribution in [-0.4, -0.2) is 33.8 Å². The van der Waals surface area contributed by atoms with Crippen molar-refractivity contribution in [2.45, 2.75) is 19.9 Å². The van der Waals surface area contributed by atoms with E-state index < -0.39 is 0 Å². The van der Waals surface area contributed by atoms with Crippen molar-refractivity contribution >= 4 is 17.3 Å². The number of aliphatic imine (C=N–C) groups is 1. The number of nitrogens with one attached hydrogen (secondary N) is 2. The molecule has 1 aromatic carbocycles. The minimum atomic E-state index is 0.531. The molecule has 25 heavy (non-hydrogen) atoms. The Kier molecular flexibility index (Phi) is 7.60. The number of guanidine groups is 1. The maximum absolute atomic E-state index is 5.47. The molecule has 0 radical (unpaired) electrons. The van der Waals surface area contributed by atoms with Gasteiger partial charge < -0.3 is 20.1 Å². The molecule has 136 valence electrons. The molecule has 2 aromatic rings. The van der Waals surface area contributed by atoms with Gasteiger partial charge in [0.05, 0.1) is 14.2 Å². The Morgan fingerprint density at radius 3 is 2.64 bits per heavy atom. The Morgan fingerprint density at radius 1 is 1.16 bits per heavy atom. The summed E-state index contributed by atoms with van der Waals surface area (Å²) in [5, 5.41) is 8.84. The number of thiophene rings is 1. The number of para-hydroxylation sites is 1. The average molecular weight is 362 g/mol. The van der Waals surface area contributed by atoms with Gasteiger partial charge in [-0.2, -0.15) is 0 Å². The standard InChI is InChI=1S/C19H27N3O2S/c1-14(11-16-8-6-10-25-16)12-21-19(20-2)22-13-15-7-5-9-17(23-3)18(15)24-4/h5-10,14H,11-13H2,1-4H3,(H2,20,21,22). The van der Waals surface area contributed by atoms with Crippen LogP contribution in [0.15, 0.2) is 40.7 Å². The van der Waals surface area contributed by atoms with Gasteiger partial charge in [-0.3, -0.25) is 4.99 Å². The van der Waals surface area contributed by atoms with E-state index in [-0.39, 0.29) is 0 Å². The van der Waals surface area contributed by atoms with Gasteiger partial charge in [0.25, 0.3) is 0 Å². The van der Waals surface area contributed by atoms with E-state index in [1.54, 1.807) is 32.6 Å². The van der Waals surface area contributed by atoms with Crippen molar-refractivity contribution in [1.82, 2.24) is 10.6 Å².